The zero-order valence-corrected chi connectivity index (χ0v) is 9.88. The Bertz CT molecular complexity index is 343. The zero-order chi connectivity index (χ0) is 13.1. The van der Waals surface area contributed by atoms with Crippen LogP contribution in [0.25, 0.3) is 0 Å². The molecule has 0 aromatic heterocycles. The predicted molar refractivity (Wildman–Crippen MR) is 56.4 cm³/mol. The van der Waals surface area contributed by atoms with Gasteiger partial charge >= 0.3 is 7.82 Å². The Morgan fingerprint density at radius 3 is 2.82 bits per heavy atom. The summed E-state index contributed by atoms with van der Waals surface area (Å²) in [6, 6.07) is -1.82. The van der Waals surface area contributed by atoms with Crippen LogP contribution in [0.5, 0.6) is 0 Å². The summed E-state index contributed by atoms with van der Waals surface area (Å²) in [6.45, 7) is -0.201. The van der Waals surface area contributed by atoms with Crippen molar-refractivity contribution in [3.05, 3.63) is 0 Å². The molecule has 17 heavy (non-hydrogen) atoms. The van der Waals surface area contributed by atoms with E-state index in [0.29, 0.717) is 19.4 Å². The van der Waals surface area contributed by atoms with Crippen LogP contribution in [0.3, 0.4) is 0 Å². The summed E-state index contributed by atoms with van der Waals surface area (Å²) >= 11 is 0. The number of phosphoric acid groups is 1. The van der Waals surface area contributed by atoms with Gasteiger partial charge in [0, 0.05) is 6.54 Å². The third-order valence-electron chi connectivity index (χ3n) is 2.41. The van der Waals surface area contributed by atoms with Crippen LogP contribution in [-0.4, -0.2) is 52.1 Å². The molecule has 2 atom stereocenters. The highest BCUT2D eigenvalue weighted by Gasteiger charge is 2.32. The number of rotatable bonds is 5. The number of likely N-dealkylation sites (tertiary alicyclic amines) is 1. The fourth-order valence-corrected chi connectivity index (χ4v) is 1.97. The predicted octanol–water partition coefficient (Wildman–Crippen LogP) is -1.48. The molecule has 1 radical (unpaired) electrons. The van der Waals surface area contributed by atoms with Gasteiger partial charge < -0.3 is 20.4 Å². The van der Waals surface area contributed by atoms with E-state index in [2.05, 4.69) is 4.52 Å². The molecule has 1 aliphatic heterocycles. The number of nitrogens with zero attached hydrogens (tertiary/aromatic N) is 1. The Balaban J connectivity index is 2.51. The number of phosphoric ester groups is 1. The highest BCUT2D eigenvalue weighted by atomic mass is 31.2. The van der Waals surface area contributed by atoms with E-state index in [4.69, 9.17) is 15.5 Å². The molecular formula is C8H14N2O6P. The second kappa shape index (κ2) is 5.70. The minimum Gasteiger partial charge on any atom is -0.331 e. The van der Waals surface area contributed by atoms with Gasteiger partial charge in [0.2, 0.25) is 12.2 Å². The summed E-state index contributed by atoms with van der Waals surface area (Å²) < 4.78 is 14.6. The molecule has 1 aliphatic rings. The van der Waals surface area contributed by atoms with Crippen molar-refractivity contribution < 1.29 is 28.5 Å². The summed E-state index contributed by atoms with van der Waals surface area (Å²) in [5, 5.41) is 0. The van der Waals surface area contributed by atoms with Crippen LogP contribution < -0.4 is 5.73 Å². The molecule has 0 aliphatic carbocycles. The maximum atomic E-state index is 11.7. The molecule has 0 unspecified atom stereocenters. The first-order valence-corrected chi connectivity index (χ1v) is 6.52. The molecule has 0 saturated carbocycles. The lowest BCUT2D eigenvalue weighted by molar-refractivity contribution is -0.133. The molecule has 1 fully saturated rings. The van der Waals surface area contributed by atoms with Gasteiger partial charge in [0.05, 0.1) is 12.6 Å². The van der Waals surface area contributed by atoms with Crippen molar-refractivity contribution in [2.75, 3.05) is 13.2 Å². The molecule has 1 saturated heterocycles. The molecular weight excluding hydrogens is 251 g/mol. The molecule has 9 heteroatoms. The maximum absolute atomic E-state index is 11.7. The minimum absolute atomic E-state index is 0.391. The van der Waals surface area contributed by atoms with Gasteiger partial charge in [0.25, 0.3) is 0 Å². The van der Waals surface area contributed by atoms with E-state index < -0.39 is 32.4 Å². The minimum atomic E-state index is -4.64. The van der Waals surface area contributed by atoms with E-state index in [1.807, 2.05) is 0 Å². The van der Waals surface area contributed by atoms with E-state index in [-0.39, 0.29) is 0 Å². The van der Waals surface area contributed by atoms with Gasteiger partial charge in [-0.2, -0.15) is 0 Å². The molecule has 1 rings (SSSR count). The highest BCUT2D eigenvalue weighted by molar-refractivity contribution is 7.46. The molecule has 0 bridgehead atoms. The molecule has 0 aromatic rings. The normalized spacial score (nSPS) is 22.5. The highest BCUT2D eigenvalue weighted by Crippen LogP contribution is 2.35. The number of amides is 1. The smallest absolute Gasteiger partial charge is 0.331 e. The Labute approximate surface area is 98.0 Å². The van der Waals surface area contributed by atoms with E-state index in [9.17, 15) is 14.2 Å². The summed E-state index contributed by atoms with van der Waals surface area (Å²) in [7, 11) is -4.64. The van der Waals surface area contributed by atoms with Crippen LogP contribution in [0.2, 0.25) is 0 Å². The van der Waals surface area contributed by atoms with E-state index in [1.165, 1.54) is 4.90 Å². The first-order chi connectivity index (χ1) is 7.85. The quantitative estimate of drug-likeness (QED) is 0.517. The number of nitrogens with two attached hydrogens (primary N) is 1. The van der Waals surface area contributed by atoms with Crippen LogP contribution in [0.4, 0.5) is 0 Å². The number of hydrogen-bond donors (Lipinski definition) is 3. The van der Waals surface area contributed by atoms with Crippen molar-refractivity contribution in [3.8, 4) is 0 Å². The molecule has 1 heterocycles. The third-order valence-corrected chi connectivity index (χ3v) is 2.90. The van der Waals surface area contributed by atoms with Crippen molar-refractivity contribution in [1.82, 2.24) is 4.90 Å². The first kappa shape index (κ1) is 14.3. The van der Waals surface area contributed by atoms with Gasteiger partial charge in [0.15, 0.2) is 0 Å². The Hall–Kier alpha value is -0.790. The summed E-state index contributed by atoms with van der Waals surface area (Å²) in [4.78, 5) is 40.4. The van der Waals surface area contributed by atoms with E-state index in [0.717, 1.165) is 0 Å². The lowest BCUT2D eigenvalue weighted by Crippen LogP contribution is -2.48. The van der Waals surface area contributed by atoms with Gasteiger partial charge in [-0.3, -0.25) is 14.1 Å². The largest absolute Gasteiger partial charge is 0.469 e. The SMILES string of the molecule is N[C@@H](COP(=O)(O)O)C(=O)N1CCC[C@H]1[C]=O. The fourth-order valence-electron chi connectivity index (χ4n) is 1.61. The lowest BCUT2D eigenvalue weighted by Gasteiger charge is -2.23. The maximum Gasteiger partial charge on any atom is 0.469 e. The molecule has 8 nitrogen and oxygen atoms in total. The zero-order valence-electron chi connectivity index (χ0n) is 8.98. The standard InChI is InChI=1S/C8H14N2O6P/c9-7(5-16-17(13,14)15)8(12)10-3-1-2-6(10)4-11/h6-7H,1-3,5,9H2,(H2,13,14,15)/t6-,7-/m0/s1. The molecule has 97 valence electrons. The summed E-state index contributed by atoms with van der Waals surface area (Å²) in [6.07, 6.45) is 2.93. The van der Waals surface area contributed by atoms with Crippen LogP contribution in [0.15, 0.2) is 0 Å². The number of carbonyl (C=O) groups excluding carboxylic acids is 2. The topological polar surface area (TPSA) is 130 Å². The van der Waals surface area contributed by atoms with Crippen LogP contribution in [0.1, 0.15) is 12.8 Å². The molecule has 0 spiro atoms. The number of hydrogen-bond acceptors (Lipinski definition) is 5. The lowest BCUT2D eigenvalue weighted by atomic mass is 10.2. The van der Waals surface area contributed by atoms with Gasteiger partial charge in [-0.05, 0) is 12.8 Å². The van der Waals surface area contributed by atoms with Crippen LogP contribution >= 0.6 is 7.82 Å². The van der Waals surface area contributed by atoms with Crippen molar-refractivity contribution in [3.63, 3.8) is 0 Å². The van der Waals surface area contributed by atoms with Gasteiger partial charge in [-0.15, -0.1) is 0 Å². The first-order valence-electron chi connectivity index (χ1n) is 4.99. The average molecular weight is 265 g/mol. The van der Waals surface area contributed by atoms with Crippen molar-refractivity contribution in [2.45, 2.75) is 24.9 Å². The molecule has 4 N–H and O–H groups in total. The Morgan fingerprint density at radius 1 is 1.65 bits per heavy atom. The van der Waals surface area contributed by atoms with Crippen LogP contribution in [-0.2, 0) is 18.7 Å². The van der Waals surface area contributed by atoms with E-state index in [1.54, 1.807) is 6.29 Å². The summed E-state index contributed by atoms with van der Waals surface area (Å²) in [5.74, 6) is -0.565. The third kappa shape index (κ3) is 4.18. The van der Waals surface area contributed by atoms with Crippen molar-refractivity contribution >= 4 is 20.0 Å². The van der Waals surface area contributed by atoms with Gasteiger partial charge in [-0.25, -0.2) is 4.57 Å². The van der Waals surface area contributed by atoms with Crippen molar-refractivity contribution in [1.29, 1.82) is 0 Å². The summed E-state index contributed by atoms with van der Waals surface area (Å²) in [5.41, 5.74) is 5.43. The van der Waals surface area contributed by atoms with Crippen molar-refractivity contribution in [2.24, 2.45) is 5.73 Å². The monoisotopic (exact) mass is 265 g/mol. The Morgan fingerprint density at radius 2 is 2.29 bits per heavy atom. The second-order valence-electron chi connectivity index (χ2n) is 3.70. The second-order valence-corrected chi connectivity index (χ2v) is 4.94. The fraction of sp³-hybridized carbons (Fsp3) is 0.750. The number of carbonyl (C=O) groups is 1. The van der Waals surface area contributed by atoms with Gasteiger partial charge in [0.1, 0.15) is 6.04 Å². The Kier molecular flexibility index (Phi) is 4.79. The molecule has 0 aromatic carbocycles. The average Bonchev–Trinajstić information content (AvgIpc) is 2.71. The van der Waals surface area contributed by atoms with Gasteiger partial charge in [-0.1, -0.05) is 0 Å². The van der Waals surface area contributed by atoms with E-state index >= 15 is 0 Å². The van der Waals surface area contributed by atoms with Crippen LogP contribution in [0, 0.1) is 0 Å². The molecule has 1 amide bonds.